The lowest BCUT2D eigenvalue weighted by Gasteiger charge is -2.31. The third kappa shape index (κ3) is 4.16. The van der Waals surface area contributed by atoms with Gasteiger partial charge in [-0.3, -0.25) is 0 Å². The Balaban J connectivity index is 1.09. The Labute approximate surface area is 337 Å². The number of nitrogens with zero attached hydrogens (tertiary/aromatic N) is 2. The molecular formula is C55H36N2Si. The first-order chi connectivity index (χ1) is 28.8. The van der Waals surface area contributed by atoms with E-state index in [4.69, 9.17) is 0 Å². The maximum Gasteiger partial charge on any atom is 0.180 e. The van der Waals surface area contributed by atoms with Crippen LogP contribution in [-0.4, -0.2) is 17.2 Å². The van der Waals surface area contributed by atoms with Crippen molar-refractivity contribution in [2.45, 2.75) is 6.42 Å². The quantitative estimate of drug-likeness (QED) is 0.159. The van der Waals surface area contributed by atoms with Gasteiger partial charge in [0.25, 0.3) is 0 Å². The molecule has 0 amide bonds. The van der Waals surface area contributed by atoms with Crippen LogP contribution >= 0.6 is 0 Å². The molecule has 0 N–H and O–H groups in total. The van der Waals surface area contributed by atoms with E-state index in [1.807, 2.05) is 0 Å². The molecule has 0 atom stereocenters. The van der Waals surface area contributed by atoms with Crippen molar-refractivity contribution in [1.82, 2.24) is 9.13 Å². The molecule has 0 spiro atoms. The first-order valence-corrected chi connectivity index (χ1v) is 22.3. The Morgan fingerprint density at radius 1 is 0.345 bits per heavy atom. The van der Waals surface area contributed by atoms with Gasteiger partial charge in [-0.2, -0.15) is 0 Å². The predicted octanol–water partition coefficient (Wildman–Crippen LogP) is 10.8. The standard InChI is InChI=1S/C55H36N2Si/c1-2-18-38(19-3-1)58(54-30-12-8-24-44(54)45-25-9-13-31-55(45)58)39-20-14-17-37(33-39)56-49-27-10-6-22-42(49)47-35-53-48(34-52(47)56)43-23-7-11-28-50(43)57(53)51-29-15-26-41-40-21-5-4-16-36(40)32-46(41)51/h1-31,33-35H,32H2. The lowest BCUT2D eigenvalue weighted by atomic mass is 10.0. The average Bonchev–Trinajstić information content (AvgIpc) is 4.01. The fourth-order valence-electron chi connectivity index (χ4n) is 10.9. The minimum Gasteiger partial charge on any atom is -0.309 e. The summed E-state index contributed by atoms with van der Waals surface area (Å²) in [5.74, 6) is 0. The lowest BCUT2D eigenvalue weighted by Crippen LogP contribution is -2.72. The fourth-order valence-corrected chi connectivity index (χ4v) is 16.1. The van der Waals surface area contributed by atoms with Crippen molar-refractivity contribution in [1.29, 1.82) is 0 Å². The van der Waals surface area contributed by atoms with E-state index in [0.717, 1.165) is 6.42 Å². The monoisotopic (exact) mass is 752 g/mol. The van der Waals surface area contributed by atoms with Crippen LogP contribution in [-0.2, 0) is 6.42 Å². The number of hydrogen-bond donors (Lipinski definition) is 0. The highest BCUT2D eigenvalue weighted by molar-refractivity contribution is 7.22. The Kier molecular flexibility index (Phi) is 6.56. The summed E-state index contributed by atoms with van der Waals surface area (Å²) in [5.41, 5.74) is 15.6. The van der Waals surface area contributed by atoms with Gasteiger partial charge in [-0.05, 0) is 96.6 Å². The molecule has 0 fully saturated rings. The van der Waals surface area contributed by atoms with Gasteiger partial charge >= 0.3 is 0 Å². The van der Waals surface area contributed by atoms with E-state index in [1.54, 1.807) is 0 Å². The molecule has 0 radical (unpaired) electrons. The smallest absolute Gasteiger partial charge is 0.180 e. The molecule has 2 nitrogen and oxygen atoms in total. The van der Waals surface area contributed by atoms with Gasteiger partial charge in [0, 0.05) is 33.7 Å². The number of rotatable bonds is 4. The molecule has 3 heteroatoms. The molecule has 3 heterocycles. The summed E-state index contributed by atoms with van der Waals surface area (Å²) in [4.78, 5) is 0. The van der Waals surface area contributed by atoms with Gasteiger partial charge in [0.2, 0.25) is 0 Å². The van der Waals surface area contributed by atoms with E-state index < -0.39 is 8.07 Å². The topological polar surface area (TPSA) is 9.86 Å². The summed E-state index contributed by atoms with van der Waals surface area (Å²) in [6.45, 7) is 0. The van der Waals surface area contributed by atoms with Gasteiger partial charge < -0.3 is 9.13 Å². The molecule has 2 aliphatic rings. The molecule has 9 aromatic carbocycles. The van der Waals surface area contributed by atoms with Crippen LogP contribution in [0, 0.1) is 0 Å². The molecule has 13 rings (SSSR count). The maximum absolute atomic E-state index is 2.67. The maximum atomic E-state index is 2.53. The second-order valence-electron chi connectivity index (χ2n) is 16.0. The summed E-state index contributed by atoms with van der Waals surface area (Å²) in [6.07, 6.45) is 0.941. The van der Waals surface area contributed by atoms with Crippen LogP contribution in [0.2, 0.25) is 0 Å². The zero-order chi connectivity index (χ0) is 38.0. The summed E-state index contributed by atoms with van der Waals surface area (Å²) >= 11 is 0. The van der Waals surface area contributed by atoms with E-state index in [1.165, 1.54) is 109 Å². The van der Waals surface area contributed by atoms with E-state index in [2.05, 4.69) is 215 Å². The molecule has 270 valence electrons. The third-order valence-electron chi connectivity index (χ3n) is 13.2. The van der Waals surface area contributed by atoms with Crippen molar-refractivity contribution in [2.75, 3.05) is 0 Å². The second kappa shape index (κ2) is 11.9. The fraction of sp³-hybridized carbons (Fsp3) is 0.0182. The Morgan fingerprint density at radius 2 is 0.879 bits per heavy atom. The number of benzene rings is 9. The van der Waals surface area contributed by atoms with Crippen LogP contribution in [0.5, 0.6) is 0 Å². The molecule has 0 saturated carbocycles. The molecule has 0 unspecified atom stereocenters. The molecule has 2 aromatic heterocycles. The first kappa shape index (κ1) is 31.9. The highest BCUT2D eigenvalue weighted by atomic mass is 28.3. The minimum absolute atomic E-state index is 0.941. The van der Waals surface area contributed by atoms with Crippen LogP contribution in [0.3, 0.4) is 0 Å². The Hall–Kier alpha value is -7.20. The van der Waals surface area contributed by atoms with Crippen LogP contribution in [0.25, 0.3) is 77.2 Å². The van der Waals surface area contributed by atoms with Crippen LogP contribution in [0.4, 0.5) is 0 Å². The van der Waals surface area contributed by atoms with Gasteiger partial charge in [0.15, 0.2) is 8.07 Å². The van der Waals surface area contributed by atoms with Gasteiger partial charge in [0.05, 0.1) is 27.8 Å². The molecule has 11 aromatic rings. The molecule has 1 aliphatic carbocycles. The van der Waals surface area contributed by atoms with Gasteiger partial charge in [-0.25, -0.2) is 0 Å². The van der Waals surface area contributed by atoms with Crippen LogP contribution in [0.1, 0.15) is 11.1 Å². The number of fused-ring (bicyclic) bond motifs is 12. The van der Waals surface area contributed by atoms with E-state index >= 15 is 0 Å². The molecule has 0 saturated heterocycles. The zero-order valence-corrected chi connectivity index (χ0v) is 32.7. The van der Waals surface area contributed by atoms with E-state index in [9.17, 15) is 0 Å². The predicted molar refractivity (Wildman–Crippen MR) is 246 cm³/mol. The zero-order valence-electron chi connectivity index (χ0n) is 31.7. The van der Waals surface area contributed by atoms with Crippen molar-refractivity contribution < 1.29 is 0 Å². The van der Waals surface area contributed by atoms with Crippen molar-refractivity contribution in [3.8, 4) is 33.6 Å². The average molecular weight is 753 g/mol. The lowest BCUT2D eigenvalue weighted by molar-refractivity contribution is 1.12. The third-order valence-corrected chi connectivity index (χ3v) is 18.1. The van der Waals surface area contributed by atoms with Gasteiger partial charge in [-0.15, -0.1) is 0 Å². The van der Waals surface area contributed by atoms with E-state index in [0.29, 0.717) is 0 Å². The summed E-state index contributed by atoms with van der Waals surface area (Å²) in [5, 5.41) is 10.8. The van der Waals surface area contributed by atoms with Crippen molar-refractivity contribution in [2.24, 2.45) is 0 Å². The van der Waals surface area contributed by atoms with Crippen molar-refractivity contribution in [3.63, 3.8) is 0 Å². The van der Waals surface area contributed by atoms with Gasteiger partial charge in [0.1, 0.15) is 0 Å². The van der Waals surface area contributed by atoms with E-state index in [-0.39, 0.29) is 0 Å². The summed E-state index contributed by atoms with van der Waals surface area (Å²) < 4.78 is 5.06. The minimum atomic E-state index is -2.67. The number of aromatic nitrogens is 2. The van der Waals surface area contributed by atoms with Crippen LogP contribution < -0.4 is 20.7 Å². The largest absolute Gasteiger partial charge is 0.309 e. The van der Waals surface area contributed by atoms with Crippen molar-refractivity contribution >= 4 is 72.4 Å². The highest BCUT2D eigenvalue weighted by Gasteiger charge is 2.48. The van der Waals surface area contributed by atoms with Crippen molar-refractivity contribution in [3.05, 3.63) is 217 Å². The van der Waals surface area contributed by atoms with Crippen LogP contribution in [0.15, 0.2) is 206 Å². The van der Waals surface area contributed by atoms with Gasteiger partial charge in [-0.1, -0.05) is 164 Å². The molecule has 58 heavy (non-hydrogen) atoms. The Morgan fingerprint density at radius 3 is 1.60 bits per heavy atom. The Bertz CT molecular complexity index is 3450. The molecule has 0 bridgehead atoms. The molecule has 1 aliphatic heterocycles. The summed E-state index contributed by atoms with van der Waals surface area (Å²) in [7, 11) is -2.67. The normalized spacial score (nSPS) is 13.6. The number of hydrogen-bond acceptors (Lipinski definition) is 0. The first-order valence-electron chi connectivity index (χ1n) is 20.3. The summed E-state index contributed by atoms with van der Waals surface area (Å²) in [6, 6.07) is 77.8. The molecular weight excluding hydrogens is 717 g/mol. The second-order valence-corrected chi connectivity index (χ2v) is 19.7. The SMILES string of the molecule is c1ccc([Si]2(c3cccc(-n4c5ccccc5c5cc6c(cc54)c4ccccc4n6-c4cccc5c4Cc4ccccc4-5)c3)c3ccccc3-c3ccccc32)cc1. The highest BCUT2D eigenvalue weighted by Crippen LogP contribution is 2.44. The number of para-hydroxylation sites is 2.